The first-order valence-corrected chi connectivity index (χ1v) is 12.1. The van der Waals surface area contributed by atoms with Crippen LogP contribution in [0.25, 0.3) is 0 Å². The number of rotatable bonds is 2. The molecule has 0 aliphatic heterocycles. The summed E-state index contributed by atoms with van der Waals surface area (Å²) in [6.07, 6.45) is 9.65. The van der Waals surface area contributed by atoms with Crippen molar-refractivity contribution in [3.63, 3.8) is 0 Å². The van der Waals surface area contributed by atoms with E-state index in [1.165, 1.54) is 19.3 Å². The maximum Gasteiger partial charge on any atom is 0.192 e. The highest BCUT2D eigenvalue weighted by molar-refractivity contribution is 6.74. The molecule has 0 spiro atoms. The first-order valence-electron chi connectivity index (χ1n) is 9.17. The second-order valence-corrected chi connectivity index (χ2v) is 14.2. The molecule has 2 saturated carbocycles. The van der Waals surface area contributed by atoms with Crippen molar-refractivity contribution < 1.29 is 4.43 Å². The Hall–Kier alpha value is -0.343. The normalized spacial score (nSPS) is 37.6. The van der Waals surface area contributed by atoms with E-state index in [0.717, 1.165) is 11.8 Å². The summed E-state index contributed by atoms with van der Waals surface area (Å²) in [4.78, 5) is 0. The minimum Gasteiger partial charge on any atom is -0.413 e. The average molecular weight is 319 g/mol. The zero-order chi connectivity index (χ0) is 16.3. The number of fused-ring (bicyclic) bond motifs is 6. The van der Waals surface area contributed by atoms with E-state index in [1.807, 2.05) is 0 Å². The maximum absolute atomic E-state index is 7.00. The molecule has 0 aromatic heterocycles. The smallest absolute Gasteiger partial charge is 0.192 e. The van der Waals surface area contributed by atoms with Crippen LogP contribution in [0.4, 0.5) is 0 Å². The molecule has 3 rings (SSSR count). The van der Waals surface area contributed by atoms with Gasteiger partial charge in [-0.25, -0.2) is 0 Å². The molecule has 0 heterocycles. The van der Waals surface area contributed by atoms with Crippen LogP contribution in [0.5, 0.6) is 0 Å². The van der Waals surface area contributed by atoms with Crippen LogP contribution in [0.2, 0.25) is 18.1 Å². The molecular formula is C20H34OSi. The lowest BCUT2D eigenvalue weighted by Crippen LogP contribution is -2.53. The SMILES string of the molecule is CC(C)=C1[C@H]2C=C[C@@H]1[C@H]1CCC[C@@H]2C1O[Si](C)(C)C(C)(C)C. The maximum atomic E-state index is 7.00. The van der Waals surface area contributed by atoms with Gasteiger partial charge in [0.1, 0.15) is 0 Å². The molecular weight excluding hydrogens is 284 g/mol. The monoisotopic (exact) mass is 318 g/mol. The molecule has 0 amide bonds. The first kappa shape index (κ1) is 16.5. The molecule has 1 unspecified atom stereocenters. The highest BCUT2D eigenvalue weighted by Crippen LogP contribution is 2.56. The van der Waals surface area contributed by atoms with Gasteiger partial charge in [0.2, 0.25) is 0 Å². The van der Waals surface area contributed by atoms with Crippen LogP contribution in [0, 0.1) is 23.7 Å². The van der Waals surface area contributed by atoms with Crippen molar-refractivity contribution in [1.82, 2.24) is 0 Å². The third-order valence-corrected chi connectivity index (χ3v) is 11.4. The molecule has 3 aliphatic carbocycles. The van der Waals surface area contributed by atoms with Crippen molar-refractivity contribution >= 4 is 8.32 Å². The third-order valence-electron chi connectivity index (χ3n) is 6.90. The highest BCUT2D eigenvalue weighted by Gasteiger charge is 2.53. The van der Waals surface area contributed by atoms with Gasteiger partial charge in [-0.2, -0.15) is 0 Å². The van der Waals surface area contributed by atoms with E-state index >= 15 is 0 Å². The number of hydrogen-bond acceptors (Lipinski definition) is 1. The van der Waals surface area contributed by atoms with Gasteiger partial charge < -0.3 is 4.43 Å². The average Bonchev–Trinajstić information content (AvgIpc) is 2.77. The second-order valence-electron chi connectivity index (χ2n) is 9.49. The van der Waals surface area contributed by atoms with Crippen LogP contribution >= 0.6 is 0 Å². The largest absolute Gasteiger partial charge is 0.413 e. The lowest BCUT2D eigenvalue weighted by atomic mass is 9.60. The molecule has 2 heteroatoms. The molecule has 1 nitrogen and oxygen atoms in total. The summed E-state index contributed by atoms with van der Waals surface area (Å²) in [5.41, 5.74) is 3.30. The Morgan fingerprint density at radius 2 is 1.55 bits per heavy atom. The molecule has 22 heavy (non-hydrogen) atoms. The Balaban J connectivity index is 1.92. The molecule has 3 aliphatic rings. The molecule has 0 saturated heterocycles. The molecule has 0 N–H and O–H groups in total. The van der Waals surface area contributed by atoms with E-state index in [2.05, 4.69) is 59.9 Å². The van der Waals surface area contributed by atoms with Crippen LogP contribution in [0.1, 0.15) is 53.9 Å². The molecule has 124 valence electrons. The summed E-state index contributed by atoms with van der Waals surface area (Å²) in [5, 5.41) is 0.310. The van der Waals surface area contributed by atoms with E-state index in [1.54, 1.807) is 11.1 Å². The van der Waals surface area contributed by atoms with Crippen molar-refractivity contribution in [3.05, 3.63) is 23.3 Å². The summed E-state index contributed by atoms with van der Waals surface area (Å²) in [6, 6.07) is 0. The van der Waals surface area contributed by atoms with Gasteiger partial charge in [-0.05, 0) is 56.7 Å². The van der Waals surface area contributed by atoms with Crippen LogP contribution in [-0.2, 0) is 4.43 Å². The number of hydrogen-bond donors (Lipinski definition) is 0. The lowest BCUT2D eigenvalue weighted by Gasteiger charge is -2.52. The van der Waals surface area contributed by atoms with E-state index in [0.29, 0.717) is 23.0 Å². The van der Waals surface area contributed by atoms with E-state index in [9.17, 15) is 0 Å². The second kappa shape index (κ2) is 5.34. The predicted octanol–water partition coefficient (Wildman–Crippen LogP) is 5.95. The van der Waals surface area contributed by atoms with Gasteiger partial charge in [0.05, 0.1) is 6.10 Å². The Bertz CT molecular complexity index is 480. The van der Waals surface area contributed by atoms with Gasteiger partial charge in [-0.3, -0.25) is 0 Å². The van der Waals surface area contributed by atoms with E-state index in [4.69, 9.17) is 4.43 Å². The number of allylic oxidation sites excluding steroid dienone is 4. The Kier molecular flexibility index (Phi) is 4.01. The summed E-state index contributed by atoms with van der Waals surface area (Å²) >= 11 is 0. The summed E-state index contributed by atoms with van der Waals surface area (Å²) in [6.45, 7) is 16.6. The molecule has 4 bridgehead atoms. The fourth-order valence-corrected chi connectivity index (χ4v) is 6.16. The van der Waals surface area contributed by atoms with Crippen molar-refractivity contribution in [1.29, 1.82) is 0 Å². The minimum absolute atomic E-state index is 0.310. The van der Waals surface area contributed by atoms with Gasteiger partial charge in [0, 0.05) is 11.8 Å². The summed E-state index contributed by atoms with van der Waals surface area (Å²) in [7, 11) is -1.68. The fourth-order valence-electron chi connectivity index (χ4n) is 4.78. The fraction of sp³-hybridized carbons (Fsp3) is 0.800. The Morgan fingerprint density at radius 3 is 1.95 bits per heavy atom. The van der Waals surface area contributed by atoms with Gasteiger partial charge in [-0.1, -0.05) is 50.5 Å². The summed E-state index contributed by atoms with van der Waals surface area (Å²) < 4.78 is 7.00. The van der Waals surface area contributed by atoms with Crippen LogP contribution < -0.4 is 0 Å². The molecule has 0 aromatic rings. The zero-order valence-electron chi connectivity index (χ0n) is 15.6. The molecule has 5 atom stereocenters. The first-order chi connectivity index (χ1) is 10.1. The molecule has 2 fully saturated rings. The van der Waals surface area contributed by atoms with Gasteiger partial charge in [0.15, 0.2) is 8.32 Å². The lowest BCUT2D eigenvalue weighted by molar-refractivity contribution is -0.0145. The van der Waals surface area contributed by atoms with Crippen molar-refractivity contribution in [2.24, 2.45) is 23.7 Å². The van der Waals surface area contributed by atoms with Crippen LogP contribution in [0.15, 0.2) is 23.3 Å². The Labute approximate surface area is 138 Å². The topological polar surface area (TPSA) is 9.23 Å². The van der Waals surface area contributed by atoms with Gasteiger partial charge in [0.25, 0.3) is 0 Å². The van der Waals surface area contributed by atoms with Crippen LogP contribution in [0.3, 0.4) is 0 Å². The minimum atomic E-state index is -1.68. The quantitative estimate of drug-likeness (QED) is 0.452. The summed E-state index contributed by atoms with van der Waals surface area (Å²) in [5.74, 6) is 2.79. The third kappa shape index (κ3) is 2.47. The van der Waals surface area contributed by atoms with Crippen molar-refractivity contribution in [3.8, 4) is 0 Å². The van der Waals surface area contributed by atoms with Crippen molar-refractivity contribution in [2.45, 2.75) is 78.1 Å². The van der Waals surface area contributed by atoms with Gasteiger partial charge in [-0.15, -0.1) is 0 Å². The van der Waals surface area contributed by atoms with Crippen LogP contribution in [-0.4, -0.2) is 14.4 Å². The zero-order valence-corrected chi connectivity index (χ0v) is 16.6. The molecule has 0 aromatic carbocycles. The predicted molar refractivity (Wildman–Crippen MR) is 97.4 cm³/mol. The van der Waals surface area contributed by atoms with Gasteiger partial charge >= 0.3 is 0 Å². The highest BCUT2D eigenvalue weighted by atomic mass is 28.4. The van der Waals surface area contributed by atoms with E-state index in [-0.39, 0.29) is 0 Å². The van der Waals surface area contributed by atoms with E-state index < -0.39 is 8.32 Å². The standard InChI is InChI=1S/C20H34OSi/c1-13(2)18-14-11-12-15(18)17-10-8-9-16(14)19(17)21-22(6,7)20(3,4)5/h11-12,14-17,19H,8-10H2,1-7H3/t14-,15+,16-,17+,19?. The molecule has 0 radical (unpaired) electrons. The Morgan fingerprint density at radius 1 is 1.05 bits per heavy atom. The van der Waals surface area contributed by atoms with Crippen molar-refractivity contribution in [2.75, 3.05) is 0 Å².